The molecule has 3 N–H and O–H groups in total. The van der Waals surface area contributed by atoms with Gasteiger partial charge in [0.05, 0.1) is 17.8 Å². The highest BCUT2D eigenvalue weighted by atomic mass is 16.4. The number of nitrogens with one attached hydrogen (secondary N) is 2. The average molecular weight is 376 g/mol. The topological polar surface area (TPSA) is 102 Å². The molecule has 27 heavy (non-hydrogen) atoms. The van der Waals surface area contributed by atoms with Gasteiger partial charge in [0.1, 0.15) is 0 Å². The van der Waals surface area contributed by atoms with Crippen LogP contribution in [0.5, 0.6) is 0 Å². The molecule has 8 nitrogen and oxygen atoms in total. The first-order valence-electron chi connectivity index (χ1n) is 9.29. The zero-order chi connectivity index (χ0) is 19.8. The molecule has 2 rings (SSSR count). The summed E-state index contributed by atoms with van der Waals surface area (Å²) in [4.78, 5) is 38.8. The van der Waals surface area contributed by atoms with Crippen molar-refractivity contribution < 1.29 is 19.5 Å². The first kappa shape index (κ1) is 20.7. The molecule has 0 aliphatic carbocycles. The van der Waals surface area contributed by atoms with E-state index in [1.165, 1.54) is 13.0 Å². The molecule has 8 heteroatoms. The highest BCUT2D eigenvalue weighted by Gasteiger charge is 2.23. The van der Waals surface area contributed by atoms with Crippen LogP contribution >= 0.6 is 0 Å². The maximum Gasteiger partial charge on any atom is 0.337 e. The first-order chi connectivity index (χ1) is 12.9. The molecule has 0 spiro atoms. The Morgan fingerprint density at radius 3 is 2.44 bits per heavy atom. The zero-order valence-electron chi connectivity index (χ0n) is 16.0. The maximum atomic E-state index is 11.9. The number of carbonyl (C=O) groups excluding carboxylic acids is 2. The van der Waals surface area contributed by atoms with Crippen molar-refractivity contribution in [2.75, 3.05) is 49.5 Å². The van der Waals surface area contributed by atoms with Gasteiger partial charge in [-0.3, -0.25) is 14.5 Å². The minimum Gasteiger partial charge on any atom is -0.478 e. The van der Waals surface area contributed by atoms with Gasteiger partial charge in [0.2, 0.25) is 11.8 Å². The van der Waals surface area contributed by atoms with Crippen LogP contribution in [0.25, 0.3) is 0 Å². The van der Waals surface area contributed by atoms with Crippen LogP contribution in [0.15, 0.2) is 18.2 Å². The Morgan fingerprint density at radius 2 is 1.85 bits per heavy atom. The Labute approximate surface area is 159 Å². The Morgan fingerprint density at radius 1 is 1.15 bits per heavy atom. The second-order valence-corrected chi connectivity index (χ2v) is 6.68. The number of hydrogen-bond donors (Lipinski definition) is 3. The summed E-state index contributed by atoms with van der Waals surface area (Å²) in [5.41, 5.74) is 1.25. The fourth-order valence-electron chi connectivity index (χ4n) is 3.07. The van der Waals surface area contributed by atoms with Crippen molar-refractivity contribution in [3.05, 3.63) is 23.8 Å². The van der Waals surface area contributed by atoms with Crippen LogP contribution in [0.4, 0.5) is 11.4 Å². The predicted molar refractivity (Wildman–Crippen MR) is 104 cm³/mol. The molecule has 0 saturated carbocycles. The molecule has 1 saturated heterocycles. The number of piperazine rings is 1. The Balaban J connectivity index is 1.96. The van der Waals surface area contributed by atoms with E-state index in [4.69, 9.17) is 0 Å². The van der Waals surface area contributed by atoms with Crippen LogP contribution in [0.1, 0.15) is 37.0 Å². The number of carbonyl (C=O) groups is 3. The van der Waals surface area contributed by atoms with E-state index in [2.05, 4.69) is 22.5 Å². The third-order valence-electron chi connectivity index (χ3n) is 4.48. The van der Waals surface area contributed by atoms with E-state index in [1.54, 1.807) is 12.1 Å². The Bertz CT molecular complexity index is 684. The highest BCUT2D eigenvalue weighted by Crippen LogP contribution is 2.25. The molecule has 1 aliphatic heterocycles. The highest BCUT2D eigenvalue weighted by molar-refractivity contribution is 5.97. The summed E-state index contributed by atoms with van der Waals surface area (Å²) in [5.74, 6) is -1.25. The lowest BCUT2D eigenvalue weighted by Crippen LogP contribution is -2.49. The van der Waals surface area contributed by atoms with Crippen molar-refractivity contribution in [3.8, 4) is 0 Å². The van der Waals surface area contributed by atoms with E-state index in [0.717, 1.165) is 12.8 Å². The molecule has 0 radical (unpaired) electrons. The van der Waals surface area contributed by atoms with Gasteiger partial charge in [-0.05, 0) is 24.6 Å². The molecule has 1 aromatic carbocycles. The molecule has 0 aromatic heterocycles. The summed E-state index contributed by atoms with van der Waals surface area (Å²) in [7, 11) is 0. The van der Waals surface area contributed by atoms with E-state index in [9.17, 15) is 19.5 Å². The number of benzene rings is 1. The number of nitrogens with zero attached hydrogens (tertiary/aromatic N) is 2. The van der Waals surface area contributed by atoms with Gasteiger partial charge < -0.3 is 20.6 Å². The van der Waals surface area contributed by atoms with Crippen LogP contribution in [0.2, 0.25) is 0 Å². The molecule has 1 fully saturated rings. The van der Waals surface area contributed by atoms with E-state index in [-0.39, 0.29) is 17.4 Å². The van der Waals surface area contributed by atoms with Gasteiger partial charge in [0.15, 0.2) is 0 Å². The Hall–Kier alpha value is -2.61. The minimum atomic E-state index is -1.03. The van der Waals surface area contributed by atoms with Crippen LogP contribution in [-0.2, 0) is 9.59 Å². The number of amides is 2. The van der Waals surface area contributed by atoms with Crippen molar-refractivity contribution in [3.63, 3.8) is 0 Å². The predicted octanol–water partition coefficient (Wildman–Crippen LogP) is 1.38. The van der Waals surface area contributed by atoms with Gasteiger partial charge in [0.25, 0.3) is 0 Å². The lowest BCUT2D eigenvalue weighted by molar-refractivity contribution is -0.122. The third-order valence-corrected chi connectivity index (χ3v) is 4.48. The number of unbranched alkanes of at least 4 members (excludes halogenated alkanes) is 1. The first-order valence-corrected chi connectivity index (χ1v) is 9.29. The Kier molecular flexibility index (Phi) is 7.60. The van der Waals surface area contributed by atoms with Crippen molar-refractivity contribution in [2.24, 2.45) is 0 Å². The molecular formula is C19H28N4O4. The lowest BCUT2D eigenvalue weighted by Gasteiger charge is -2.36. The van der Waals surface area contributed by atoms with Gasteiger partial charge in [-0.1, -0.05) is 13.3 Å². The second-order valence-electron chi connectivity index (χ2n) is 6.68. The smallest absolute Gasteiger partial charge is 0.337 e. The van der Waals surface area contributed by atoms with Crippen molar-refractivity contribution in [2.45, 2.75) is 26.7 Å². The zero-order valence-corrected chi connectivity index (χ0v) is 16.0. The number of rotatable bonds is 8. The van der Waals surface area contributed by atoms with E-state index < -0.39 is 5.97 Å². The van der Waals surface area contributed by atoms with Gasteiger partial charge in [-0.2, -0.15) is 0 Å². The number of anilines is 2. The summed E-state index contributed by atoms with van der Waals surface area (Å²) in [6.07, 6.45) is 2.03. The number of carboxylic acids is 1. The molecular weight excluding hydrogens is 348 g/mol. The van der Waals surface area contributed by atoms with Gasteiger partial charge >= 0.3 is 5.97 Å². The van der Waals surface area contributed by atoms with E-state index >= 15 is 0 Å². The maximum absolute atomic E-state index is 11.9. The van der Waals surface area contributed by atoms with Crippen LogP contribution < -0.4 is 15.5 Å². The van der Waals surface area contributed by atoms with E-state index in [1.807, 2.05) is 4.90 Å². The van der Waals surface area contributed by atoms with E-state index in [0.29, 0.717) is 50.6 Å². The van der Waals surface area contributed by atoms with Gasteiger partial charge in [0, 0.05) is 45.3 Å². The van der Waals surface area contributed by atoms with Gasteiger partial charge in [-0.25, -0.2) is 4.79 Å². The molecule has 0 atom stereocenters. The third kappa shape index (κ3) is 6.25. The number of aromatic carboxylic acids is 1. The summed E-state index contributed by atoms with van der Waals surface area (Å²) < 4.78 is 0. The monoisotopic (exact) mass is 376 g/mol. The summed E-state index contributed by atoms with van der Waals surface area (Å²) in [5, 5.41) is 15.0. The normalized spacial score (nSPS) is 14.7. The van der Waals surface area contributed by atoms with Gasteiger partial charge in [-0.15, -0.1) is 0 Å². The SMILES string of the molecule is CCCCNC(=O)CN1CCN(c2ccc(NC(C)=O)cc2C(=O)O)CC1. The molecule has 1 aromatic rings. The summed E-state index contributed by atoms with van der Waals surface area (Å²) >= 11 is 0. The number of hydrogen-bond acceptors (Lipinski definition) is 5. The second kappa shape index (κ2) is 9.91. The molecule has 2 amide bonds. The van der Waals surface area contributed by atoms with Crippen LogP contribution in [-0.4, -0.2) is 67.1 Å². The fraction of sp³-hybridized carbons (Fsp3) is 0.526. The fourth-order valence-corrected chi connectivity index (χ4v) is 3.07. The molecule has 1 aliphatic rings. The average Bonchev–Trinajstić information content (AvgIpc) is 2.62. The quantitative estimate of drug-likeness (QED) is 0.593. The lowest BCUT2D eigenvalue weighted by atomic mass is 10.1. The van der Waals surface area contributed by atoms with Crippen molar-refractivity contribution in [1.29, 1.82) is 0 Å². The van der Waals surface area contributed by atoms with Crippen LogP contribution in [0.3, 0.4) is 0 Å². The van der Waals surface area contributed by atoms with Crippen LogP contribution in [0, 0.1) is 0 Å². The summed E-state index contributed by atoms with van der Waals surface area (Å²) in [6.45, 7) is 7.19. The summed E-state index contributed by atoms with van der Waals surface area (Å²) in [6, 6.07) is 4.91. The standard InChI is InChI=1S/C19H28N4O4/c1-3-4-7-20-18(25)13-22-8-10-23(11-9-22)17-6-5-15(21-14(2)24)12-16(17)19(26)27/h5-6,12H,3-4,7-11,13H2,1-2H3,(H,20,25)(H,21,24)(H,26,27). The minimum absolute atomic E-state index is 0.0304. The molecule has 148 valence electrons. The molecule has 0 unspecified atom stereocenters. The van der Waals surface area contributed by atoms with Crippen molar-refractivity contribution in [1.82, 2.24) is 10.2 Å². The molecule has 1 heterocycles. The molecule has 0 bridgehead atoms. The number of carboxylic acid groups (broad SMARTS) is 1. The largest absolute Gasteiger partial charge is 0.478 e. The van der Waals surface area contributed by atoms with Crippen molar-refractivity contribution >= 4 is 29.2 Å².